The second kappa shape index (κ2) is 5.77. The number of aryl methyl sites for hydroxylation is 1. The molecule has 1 aliphatic carbocycles. The van der Waals surface area contributed by atoms with Crippen molar-refractivity contribution in [2.24, 2.45) is 0 Å². The van der Waals surface area contributed by atoms with Crippen LogP contribution in [0.2, 0.25) is 0 Å². The highest BCUT2D eigenvalue weighted by Gasteiger charge is 2.24. The number of fused-ring (bicyclic) bond motifs is 4. The lowest BCUT2D eigenvalue weighted by molar-refractivity contribution is 0.0972. The lowest BCUT2D eigenvalue weighted by Crippen LogP contribution is -2.14. The van der Waals surface area contributed by atoms with E-state index in [1.807, 2.05) is 18.2 Å². The minimum absolute atomic E-state index is 0.222. The third kappa shape index (κ3) is 2.50. The van der Waals surface area contributed by atoms with Gasteiger partial charge in [-0.2, -0.15) is 0 Å². The predicted molar refractivity (Wildman–Crippen MR) is 92.2 cm³/mol. The Balaban J connectivity index is 1.82. The average molecular weight is 373 g/mol. The Morgan fingerprint density at radius 1 is 1.09 bits per heavy atom. The number of halogens is 1. The van der Waals surface area contributed by atoms with Crippen LogP contribution in [0.1, 0.15) is 46.0 Å². The molecule has 0 amide bonds. The van der Waals surface area contributed by atoms with E-state index < -0.39 is 6.10 Å². The van der Waals surface area contributed by atoms with Crippen LogP contribution >= 0.6 is 15.9 Å². The van der Waals surface area contributed by atoms with Crippen LogP contribution in [0.25, 0.3) is 11.1 Å². The molecular formula is C19H17BrO3. The molecule has 118 valence electrons. The molecule has 1 N–H and O–H groups in total. The molecule has 1 atom stereocenters. The predicted octanol–water partition coefficient (Wildman–Crippen LogP) is 4.19. The zero-order chi connectivity index (χ0) is 16.0. The highest BCUT2D eigenvalue weighted by atomic mass is 79.9. The fourth-order valence-electron chi connectivity index (χ4n) is 3.44. The largest absolute Gasteiger partial charge is 0.488 e. The average Bonchev–Trinajstić information content (AvgIpc) is 2.59. The highest BCUT2D eigenvalue weighted by Crippen LogP contribution is 2.41. The van der Waals surface area contributed by atoms with E-state index in [1.165, 1.54) is 0 Å². The van der Waals surface area contributed by atoms with Crippen LogP contribution < -0.4 is 4.74 Å². The molecule has 2 aromatic carbocycles. The first-order chi connectivity index (χ1) is 11.2. The van der Waals surface area contributed by atoms with E-state index in [4.69, 9.17) is 4.74 Å². The number of aliphatic hydroxyl groups excluding tert-OH is 1. The topological polar surface area (TPSA) is 46.5 Å². The number of benzene rings is 2. The molecule has 0 fully saturated rings. The maximum absolute atomic E-state index is 12.1. The Hall–Kier alpha value is -1.65. The summed E-state index contributed by atoms with van der Waals surface area (Å²) in [6.45, 7) is 0.470. The minimum Gasteiger partial charge on any atom is -0.488 e. The van der Waals surface area contributed by atoms with Crippen molar-refractivity contribution in [3.05, 3.63) is 52.6 Å². The second-order valence-electron chi connectivity index (χ2n) is 6.16. The minimum atomic E-state index is -0.511. The van der Waals surface area contributed by atoms with Gasteiger partial charge < -0.3 is 9.84 Å². The summed E-state index contributed by atoms with van der Waals surface area (Å²) in [5.41, 5.74) is 6.11. The molecule has 0 bridgehead atoms. The van der Waals surface area contributed by atoms with Crippen LogP contribution in [0.4, 0.5) is 0 Å². The van der Waals surface area contributed by atoms with Crippen molar-refractivity contribution in [3.63, 3.8) is 0 Å². The molecule has 3 nitrogen and oxygen atoms in total. The summed E-state index contributed by atoms with van der Waals surface area (Å²) in [6, 6.07) is 10.0. The molecule has 0 unspecified atom stereocenters. The number of ketones is 1. The normalized spacial score (nSPS) is 16.9. The number of alkyl halides is 1. The van der Waals surface area contributed by atoms with Gasteiger partial charge in [0.15, 0.2) is 5.78 Å². The van der Waals surface area contributed by atoms with Crippen molar-refractivity contribution in [1.82, 2.24) is 0 Å². The smallest absolute Gasteiger partial charge is 0.163 e. The fourth-order valence-corrected chi connectivity index (χ4v) is 3.82. The third-order valence-electron chi connectivity index (χ3n) is 4.69. The Kier molecular flexibility index (Phi) is 3.74. The summed E-state index contributed by atoms with van der Waals surface area (Å²) in [5, 5.41) is 10.5. The molecule has 2 aromatic rings. The van der Waals surface area contributed by atoms with E-state index in [0.29, 0.717) is 18.4 Å². The molecule has 4 rings (SSSR count). The highest BCUT2D eigenvalue weighted by molar-refractivity contribution is 9.09. The molecular weight excluding hydrogens is 356 g/mol. The number of carbonyl (C=O) groups is 1. The first-order valence-corrected chi connectivity index (χ1v) is 8.99. The van der Waals surface area contributed by atoms with Crippen LogP contribution in [-0.4, -0.2) is 16.2 Å². The zero-order valence-corrected chi connectivity index (χ0v) is 14.2. The Morgan fingerprint density at radius 2 is 1.96 bits per heavy atom. The Morgan fingerprint density at radius 3 is 2.78 bits per heavy atom. The van der Waals surface area contributed by atoms with Gasteiger partial charge in [0.2, 0.25) is 0 Å². The Bertz CT molecular complexity index is 797. The van der Waals surface area contributed by atoms with Gasteiger partial charge in [0.25, 0.3) is 0 Å². The molecule has 0 aromatic heterocycles. The van der Waals surface area contributed by atoms with E-state index in [-0.39, 0.29) is 5.78 Å². The maximum Gasteiger partial charge on any atom is 0.163 e. The maximum atomic E-state index is 12.1. The van der Waals surface area contributed by atoms with Crippen molar-refractivity contribution < 1.29 is 14.6 Å². The van der Waals surface area contributed by atoms with Gasteiger partial charge in [0, 0.05) is 22.9 Å². The van der Waals surface area contributed by atoms with Crippen LogP contribution in [0, 0.1) is 0 Å². The summed E-state index contributed by atoms with van der Waals surface area (Å²) in [6.07, 6.45) is 2.00. The van der Waals surface area contributed by atoms with Gasteiger partial charge in [0.05, 0.1) is 6.10 Å². The van der Waals surface area contributed by atoms with E-state index in [2.05, 4.69) is 28.1 Å². The van der Waals surface area contributed by atoms with Gasteiger partial charge in [-0.25, -0.2) is 0 Å². The van der Waals surface area contributed by atoms with Gasteiger partial charge in [0.1, 0.15) is 12.4 Å². The molecule has 1 aliphatic heterocycles. The molecule has 0 saturated heterocycles. The van der Waals surface area contributed by atoms with Crippen molar-refractivity contribution in [3.8, 4) is 16.9 Å². The molecule has 2 aliphatic rings. The second-order valence-corrected chi connectivity index (χ2v) is 6.81. The van der Waals surface area contributed by atoms with Crippen LogP contribution in [0.15, 0.2) is 30.3 Å². The summed E-state index contributed by atoms with van der Waals surface area (Å²) in [7, 11) is 0. The van der Waals surface area contributed by atoms with Crippen molar-refractivity contribution >= 4 is 21.7 Å². The monoisotopic (exact) mass is 372 g/mol. The van der Waals surface area contributed by atoms with E-state index in [9.17, 15) is 9.90 Å². The summed E-state index contributed by atoms with van der Waals surface area (Å²) in [5.74, 6) is 1.01. The van der Waals surface area contributed by atoms with Gasteiger partial charge in [-0.05, 0) is 53.3 Å². The van der Waals surface area contributed by atoms with E-state index in [1.54, 1.807) is 0 Å². The molecule has 0 radical (unpaired) electrons. The van der Waals surface area contributed by atoms with Gasteiger partial charge in [-0.3, -0.25) is 4.79 Å². The molecule has 0 spiro atoms. The number of aliphatic hydroxyl groups is 1. The number of carbonyl (C=O) groups excluding carboxylic acids is 1. The molecule has 0 saturated carbocycles. The van der Waals surface area contributed by atoms with Gasteiger partial charge in [-0.15, -0.1) is 0 Å². The van der Waals surface area contributed by atoms with Crippen molar-refractivity contribution in [1.29, 1.82) is 0 Å². The molecule has 4 heteroatoms. The first-order valence-electron chi connectivity index (χ1n) is 7.87. The van der Waals surface area contributed by atoms with Gasteiger partial charge >= 0.3 is 0 Å². The quantitative estimate of drug-likeness (QED) is 0.803. The van der Waals surface area contributed by atoms with Crippen molar-refractivity contribution in [2.45, 2.75) is 32.0 Å². The van der Waals surface area contributed by atoms with Gasteiger partial charge in [-0.1, -0.05) is 28.1 Å². The SMILES string of the molecule is O=C1CCCc2cc3c(cc21)OCc1cc([C@@H](O)CBr)ccc1-3. The Labute approximate surface area is 143 Å². The fraction of sp³-hybridized carbons (Fsp3) is 0.316. The number of ether oxygens (including phenoxy) is 1. The number of Topliss-reactive ketones (excluding diaryl/α,β-unsaturated/α-hetero) is 1. The lowest BCUT2D eigenvalue weighted by Gasteiger charge is -2.25. The summed E-state index contributed by atoms with van der Waals surface area (Å²) in [4.78, 5) is 12.1. The van der Waals surface area contributed by atoms with Crippen LogP contribution in [0.3, 0.4) is 0 Å². The molecule has 23 heavy (non-hydrogen) atoms. The van der Waals surface area contributed by atoms with Crippen molar-refractivity contribution in [2.75, 3.05) is 5.33 Å². The number of rotatable bonds is 2. The zero-order valence-electron chi connectivity index (χ0n) is 12.6. The molecule has 1 heterocycles. The standard InChI is InChI=1S/C19H17BrO3/c20-9-18(22)12-4-5-14-13(6-12)10-23-19-8-15-11(7-16(14)19)2-1-3-17(15)21/h4-8,18,22H,1-3,9-10H2/t18-/m0/s1. The lowest BCUT2D eigenvalue weighted by atomic mass is 9.85. The van der Waals surface area contributed by atoms with Crippen LogP contribution in [-0.2, 0) is 13.0 Å². The third-order valence-corrected chi connectivity index (χ3v) is 5.30. The summed E-state index contributed by atoms with van der Waals surface area (Å²) >= 11 is 3.31. The number of hydrogen-bond donors (Lipinski definition) is 1. The summed E-state index contributed by atoms with van der Waals surface area (Å²) < 4.78 is 5.89. The number of hydrogen-bond acceptors (Lipinski definition) is 3. The van der Waals surface area contributed by atoms with E-state index >= 15 is 0 Å². The first kappa shape index (κ1) is 14.9. The van der Waals surface area contributed by atoms with Crippen LogP contribution in [0.5, 0.6) is 5.75 Å². The van der Waals surface area contributed by atoms with E-state index in [0.717, 1.165) is 52.0 Å².